The van der Waals surface area contributed by atoms with Crippen LogP contribution in [0.4, 0.5) is 0 Å². The molecule has 0 aliphatic carbocycles. The molecule has 39 heavy (non-hydrogen) atoms. The lowest BCUT2D eigenvalue weighted by Crippen LogP contribution is -2.25. The number of aromatic amines is 1. The minimum Gasteiger partial charge on any atom is -0.494 e. The fourth-order valence-electron chi connectivity index (χ4n) is 5.13. The average molecular weight is 540 g/mol. The normalized spacial score (nSPS) is 13.7. The Labute approximate surface area is 232 Å². The Morgan fingerprint density at radius 2 is 1.59 bits per heavy atom. The summed E-state index contributed by atoms with van der Waals surface area (Å²) in [5, 5.41) is 15.2. The highest BCUT2D eigenvalue weighted by Crippen LogP contribution is 2.40. The van der Waals surface area contributed by atoms with Gasteiger partial charge in [-0.3, -0.25) is 4.90 Å². The van der Waals surface area contributed by atoms with Crippen molar-refractivity contribution < 1.29 is 9.47 Å². The van der Waals surface area contributed by atoms with Gasteiger partial charge in [-0.1, -0.05) is 30.3 Å². The molecule has 0 unspecified atom stereocenters. The summed E-state index contributed by atoms with van der Waals surface area (Å²) in [6.45, 7) is 4.79. The van der Waals surface area contributed by atoms with Gasteiger partial charge in [0.15, 0.2) is 0 Å². The third-order valence-electron chi connectivity index (χ3n) is 7.21. The Kier molecular flexibility index (Phi) is 8.12. The Bertz CT molecular complexity index is 1460. The molecule has 5 aromatic rings. The van der Waals surface area contributed by atoms with Gasteiger partial charge >= 0.3 is 0 Å². The molecule has 200 valence electrons. The van der Waals surface area contributed by atoms with E-state index < -0.39 is 0 Å². The summed E-state index contributed by atoms with van der Waals surface area (Å²) in [6.07, 6.45) is 5.12. The number of nitrogens with zero attached hydrogens (tertiary/aromatic N) is 4. The van der Waals surface area contributed by atoms with Gasteiger partial charge < -0.3 is 9.47 Å². The van der Waals surface area contributed by atoms with Crippen molar-refractivity contribution in [2.45, 2.75) is 32.1 Å². The number of fused-ring (bicyclic) bond motifs is 1. The van der Waals surface area contributed by atoms with E-state index in [1.807, 2.05) is 11.3 Å². The molecule has 1 aliphatic heterocycles. The van der Waals surface area contributed by atoms with E-state index in [0.29, 0.717) is 6.61 Å². The van der Waals surface area contributed by atoms with Gasteiger partial charge in [0.05, 0.1) is 6.61 Å². The van der Waals surface area contributed by atoms with Crippen molar-refractivity contribution in [3.05, 3.63) is 89.7 Å². The lowest BCUT2D eigenvalue weighted by molar-refractivity contribution is 0.238. The summed E-state index contributed by atoms with van der Waals surface area (Å²) in [7, 11) is 0. The monoisotopic (exact) mass is 539 g/mol. The van der Waals surface area contributed by atoms with Gasteiger partial charge in [-0.25, -0.2) is 5.10 Å². The fourth-order valence-corrected chi connectivity index (χ4v) is 6.36. The van der Waals surface area contributed by atoms with E-state index in [4.69, 9.17) is 9.47 Å². The quantitative estimate of drug-likeness (QED) is 0.191. The van der Waals surface area contributed by atoms with Crippen LogP contribution >= 0.6 is 11.3 Å². The molecule has 1 N–H and O–H groups in total. The number of aromatic nitrogens is 4. The second kappa shape index (κ2) is 12.4. The third kappa shape index (κ3) is 6.46. The van der Waals surface area contributed by atoms with Gasteiger partial charge in [0, 0.05) is 22.5 Å². The molecule has 3 heterocycles. The maximum Gasteiger partial charge on any atom is 0.148 e. The fraction of sp³-hybridized carbons (Fsp3) is 0.323. The van der Waals surface area contributed by atoms with Crippen molar-refractivity contribution in [2.75, 3.05) is 32.8 Å². The molecule has 7 nitrogen and oxygen atoms in total. The van der Waals surface area contributed by atoms with Crippen LogP contribution in [0.1, 0.15) is 36.2 Å². The molecule has 2 aromatic heterocycles. The maximum absolute atomic E-state index is 6.02. The molecule has 3 aromatic carbocycles. The molecule has 0 amide bonds. The summed E-state index contributed by atoms with van der Waals surface area (Å²) < 4.78 is 13.3. The van der Waals surface area contributed by atoms with Crippen LogP contribution in [0.25, 0.3) is 20.5 Å². The van der Waals surface area contributed by atoms with Gasteiger partial charge in [-0.05, 0) is 114 Å². The summed E-state index contributed by atoms with van der Waals surface area (Å²) in [4.78, 5) is 3.79. The van der Waals surface area contributed by atoms with Gasteiger partial charge in [0.2, 0.25) is 0 Å². The molecule has 8 heteroatoms. The zero-order valence-electron chi connectivity index (χ0n) is 22.0. The number of hydrogen-bond acceptors (Lipinski definition) is 7. The van der Waals surface area contributed by atoms with Crippen LogP contribution in [0.5, 0.6) is 11.5 Å². The first kappa shape index (κ1) is 25.5. The number of aryl methyl sites for hydroxylation is 1. The highest BCUT2D eigenvalue weighted by Gasteiger charge is 2.15. The predicted octanol–water partition coefficient (Wildman–Crippen LogP) is 6.16. The zero-order valence-corrected chi connectivity index (χ0v) is 22.8. The van der Waals surface area contributed by atoms with Crippen LogP contribution in [-0.4, -0.2) is 58.4 Å². The number of tetrazole rings is 1. The molecule has 1 fully saturated rings. The van der Waals surface area contributed by atoms with Crippen LogP contribution in [0, 0.1) is 0 Å². The second-order valence-electron chi connectivity index (χ2n) is 9.95. The number of thiophene rings is 1. The first-order valence-corrected chi connectivity index (χ1v) is 14.5. The first-order valence-electron chi connectivity index (χ1n) is 13.7. The summed E-state index contributed by atoms with van der Waals surface area (Å²) in [5.41, 5.74) is 3.87. The second-order valence-corrected chi connectivity index (χ2v) is 11.0. The summed E-state index contributed by atoms with van der Waals surface area (Å²) in [5.74, 6) is 2.60. The first-order chi connectivity index (χ1) is 19.3. The van der Waals surface area contributed by atoms with Gasteiger partial charge in [-0.2, -0.15) is 0 Å². The van der Waals surface area contributed by atoms with Crippen molar-refractivity contribution in [3.8, 4) is 21.9 Å². The van der Waals surface area contributed by atoms with Crippen molar-refractivity contribution >= 4 is 21.4 Å². The van der Waals surface area contributed by atoms with Crippen LogP contribution in [0.3, 0.4) is 0 Å². The SMILES string of the molecule is c1ccc2c(Cc3ccc(OCCN4CCCC4)cc3)c(-c3ccc(OCCCc4nnn[nH]4)cc3)sc2c1. The lowest BCUT2D eigenvalue weighted by Gasteiger charge is -2.15. The smallest absolute Gasteiger partial charge is 0.148 e. The Hall–Kier alpha value is -3.75. The van der Waals surface area contributed by atoms with Crippen molar-refractivity contribution in [3.63, 3.8) is 0 Å². The van der Waals surface area contributed by atoms with Crippen LogP contribution in [0.2, 0.25) is 0 Å². The van der Waals surface area contributed by atoms with Gasteiger partial charge in [0.1, 0.15) is 23.9 Å². The molecular formula is C31H33N5O2S. The molecule has 0 radical (unpaired) electrons. The number of likely N-dealkylation sites (tertiary alicyclic amines) is 1. The molecule has 0 atom stereocenters. The van der Waals surface area contributed by atoms with E-state index in [-0.39, 0.29) is 0 Å². The van der Waals surface area contributed by atoms with E-state index in [0.717, 1.165) is 49.7 Å². The number of hydrogen-bond donors (Lipinski definition) is 1. The van der Waals surface area contributed by atoms with Crippen LogP contribution in [-0.2, 0) is 12.8 Å². The minimum absolute atomic E-state index is 0.617. The molecule has 1 aliphatic rings. The van der Waals surface area contributed by atoms with Crippen molar-refractivity contribution in [1.29, 1.82) is 0 Å². The summed E-state index contributed by atoms with van der Waals surface area (Å²) in [6, 6.07) is 25.8. The third-order valence-corrected chi connectivity index (χ3v) is 8.47. The summed E-state index contributed by atoms with van der Waals surface area (Å²) >= 11 is 1.86. The lowest BCUT2D eigenvalue weighted by atomic mass is 9.99. The van der Waals surface area contributed by atoms with Crippen molar-refractivity contribution in [2.24, 2.45) is 0 Å². The Balaban J connectivity index is 1.12. The number of H-pyrrole nitrogens is 1. The van der Waals surface area contributed by atoms with E-state index in [1.165, 1.54) is 57.6 Å². The van der Waals surface area contributed by atoms with Crippen molar-refractivity contribution in [1.82, 2.24) is 25.5 Å². The van der Waals surface area contributed by atoms with Crippen LogP contribution < -0.4 is 9.47 Å². The largest absolute Gasteiger partial charge is 0.494 e. The topological polar surface area (TPSA) is 76.2 Å². The maximum atomic E-state index is 6.02. The molecule has 6 rings (SSSR count). The Morgan fingerprint density at radius 3 is 2.36 bits per heavy atom. The van der Waals surface area contributed by atoms with E-state index in [9.17, 15) is 0 Å². The number of benzene rings is 3. The molecule has 0 saturated carbocycles. The number of nitrogens with one attached hydrogen (secondary N) is 1. The van der Waals surface area contributed by atoms with Gasteiger partial charge in [0.25, 0.3) is 0 Å². The highest BCUT2D eigenvalue weighted by atomic mass is 32.1. The number of ether oxygens (including phenoxy) is 2. The van der Waals surface area contributed by atoms with Gasteiger partial charge in [-0.15, -0.1) is 16.4 Å². The van der Waals surface area contributed by atoms with Crippen LogP contribution in [0.15, 0.2) is 72.8 Å². The van der Waals surface area contributed by atoms with E-state index in [1.54, 1.807) is 0 Å². The molecular weight excluding hydrogens is 506 g/mol. The highest BCUT2D eigenvalue weighted by molar-refractivity contribution is 7.22. The molecule has 0 spiro atoms. The predicted molar refractivity (Wildman–Crippen MR) is 156 cm³/mol. The zero-order chi connectivity index (χ0) is 26.3. The molecule has 0 bridgehead atoms. The standard InChI is InChI=1S/C31H33N5O2S/c1-2-7-29-27(6-1)28(22-23-9-13-25(14-10-23)38-21-19-36-17-3-4-18-36)31(39-29)24-11-15-26(16-12-24)37-20-5-8-30-32-34-35-33-30/h1-2,6-7,9-16H,3-5,8,17-22H2,(H,32,33,34,35). The average Bonchev–Trinajstić information content (AvgIpc) is 3.75. The number of rotatable bonds is 12. The Morgan fingerprint density at radius 1 is 0.846 bits per heavy atom. The minimum atomic E-state index is 0.617. The molecule has 1 saturated heterocycles. The van der Waals surface area contributed by atoms with E-state index >= 15 is 0 Å². The van der Waals surface area contributed by atoms with E-state index in [2.05, 4.69) is 98.3 Å².